The van der Waals surface area contributed by atoms with Gasteiger partial charge in [0.2, 0.25) is 6.33 Å². The van der Waals surface area contributed by atoms with E-state index < -0.39 is 0 Å². The lowest BCUT2D eigenvalue weighted by Crippen LogP contribution is -2.23. The molecular weight excluding hydrogens is 138 g/mol. The molecule has 0 spiro atoms. The lowest BCUT2D eigenvalue weighted by Gasteiger charge is -1.89. The minimum Gasteiger partial charge on any atom is -0.240 e. The van der Waals surface area contributed by atoms with E-state index in [2.05, 4.69) is 10.6 Å². The molecule has 1 aromatic heterocycles. The molecule has 1 aromatic rings. The summed E-state index contributed by atoms with van der Waals surface area (Å²) in [5, 5.41) is 8.29. The van der Waals surface area contributed by atoms with Crippen LogP contribution >= 0.6 is 0 Å². The van der Waals surface area contributed by atoms with Crippen molar-refractivity contribution in [2.75, 3.05) is 0 Å². The van der Waals surface area contributed by atoms with E-state index in [0.717, 1.165) is 13.0 Å². The smallest absolute Gasteiger partial charge is 0.240 e. The second kappa shape index (κ2) is 3.77. The standard InChI is InChI=1S/C8H12N3/c1-10-6-7-11(8-10)5-3-2-4-9/h6-8H,2-3,5H2,1H3/q+1. The summed E-state index contributed by atoms with van der Waals surface area (Å²) >= 11 is 0. The maximum atomic E-state index is 8.29. The Morgan fingerprint density at radius 1 is 1.64 bits per heavy atom. The zero-order chi connectivity index (χ0) is 8.10. The normalized spacial score (nSPS) is 9.45. The van der Waals surface area contributed by atoms with E-state index in [-0.39, 0.29) is 0 Å². The van der Waals surface area contributed by atoms with Crippen molar-refractivity contribution in [2.45, 2.75) is 19.4 Å². The molecule has 0 aliphatic heterocycles. The Morgan fingerprint density at radius 2 is 2.45 bits per heavy atom. The molecular formula is C8H12N3+. The van der Waals surface area contributed by atoms with Crippen molar-refractivity contribution in [2.24, 2.45) is 7.05 Å². The summed E-state index contributed by atoms with van der Waals surface area (Å²) in [5.74, 6) is 0. The van der Waals surface area contributed by atoms with E-state index in [1.807, 2.05) is 30.3 Å². The van der Waals surface area contributed by atoms with Crippen LogP contribution in [0.1, 0.15) is 12.8 Å². The van der Waals surface area contributed by atoms with Gasteiger partial charge in [0.15, 0.2) is 0 Å². The first-order chi connectivity index (χ1) is 5.33. The molecule has 0 fully saturated rings. The van der Waals surface area contributed by atoms with Crippen LogP contribution in [0.2, 0.25) is 0 Å². The molecule has 0 radical (unpaired) electrons. The van der Waals surface area contributed by atoms with Crippen LogP contribution < -0.4 is 4.57 Å². The molecule has 1 rings (SSSR count). The van der Waals surface area contributed by atoms with Gasteiger partial charge in [0.1, 0.15) is 12.4 Å². The SMILES string of the molecule is C[n+]1ccn(CCCC#N)c1. The fraction of sp³-hybridized carbons (Fsp3) is 0.500. The van der Waals surface area contributed by atoms with Crippen molar-refractivity contribution in [1.29, 1.82) is 5.26 Å². The Morgan fingerprint density at radius 3 is 3.00 bits per heavy atom. The fourth-order valence-electron chi connectivity index (χ4n) is 0.975. The molecule has 0 atom stereocenters. The van der Waals surface area contributed by atoms with Gasteiger partial charge in [-0.05, 0) is 6.42 Å². The number of unbranched alkanes of at least 4 members (excludes halogenated alkanes) is 1. The summed E-state index contributed by atoms with van der Waals surface area (Å²) < 4.78 is 4.07. The van der Waals surface area contributed by atoms with E-state index in [1.165, 1.54) is 0 Å². The third kappa shape index (κ3) is 2.42. The van der Waals surface area contributed by atoms with Crippen LogP contribution in [-0.4, -0.2) is 4.57 Å². The van der Waals surface area contributed by atoms with Crippen molar-refractivity contribution in [3.63, 3.8) is 0 Å². The van der Waals surface area contributed by atoms with Crippen LogP contribution in [0.3, 0.4) is 0 Å². The Labute approximate surface area is 66.5 Å². The number of nitriles is 1. The predicted octanol–water partition coefficient (Wildman–Crippen LogP) is 0.616. The van der Waals surface area contributed by atoms with Crippen molar-refractivity contribution < 1.29 is 4.57 Å². The van der Waals surface area contributed by atoms with Gasteiger partial charge >= 0.3 is 0 Å². The predicted molar refractivity (Wildman–Crippen MR) is 40.5 cm³/mol. The van der Waals surface area contributed by atoms with Gasteiger partial charge < -0.3 is 0 Å². The van der Waals surface area contributed by atoms with E-state index in [9.17, 15) is 0 Å². The number of imidazole rings is 1. The molecule has 3 nitrogen and oxygen atoms in total. The highest BCUT2D eigenvalue weighted by molar-refractivity contribution is 4.71. The molecule has 0 saturated carbocycles. The number of aromatic nitrogens is 2. The van der Waals surface area contributed by atoms with Crippen molar-refractivity contribution in [3.8, 4) is 6.07 Å². The second-order valence-corrected chi connectivity index (χ2v) is 2.58. The van der Waals surface area contributed by atoms with Crippen molar-refractivity contribution in [3.05, 3.63) is 18.7 Å². The summed E-state index contributed by atoms with van der Waals surface area (Å²) in [4.78, 5) is 0. The first-order valence-corrected chi connectivity index (χ1v) is 3.71. The molecule has 0 N–H and O–H groups in total. The molecule has 11 heavy (non-hydrogen) atoms. The van der Waals surface area contributed by atoms with Crippen molar-refractivity contribution >= 4 is 0 Å². The molecule has 1 heterocycles. The van der Waals surface area contributed by atoms with Crippen molar-refractivity contribution in [1.82, 2.24) is 4.57 Å². The van der Waals surface area contributed by atoms with E-state index in [4.69, 9.17) is 5.26 Å². The average molecular weight is 150 g/mol. The minimum absolute atomic E-state index is 0.641. The molecule has 0 bridgehead atoms. The highest BCUT2D eigenvalue weighted by Crippen LogP contribution is 1.91. The van der Waals surface area contributed by atoms with Crippen LogP contribution in [0.5, 0.6) is 0 Å². The Bertz CT molecular complexity index is 257. The first kappa shape index (κ1) is 7.80. The van der Waals surface area contributed by atoms with E-state index in [0.29, 0.717) is 6.42 Å². The number of aryl methyl sites for hydroxylation is 2. The highest BCUT2D eigenvalue weighted by Gasteiger charge is 1.97. The van der Waals surface area contributed by atoms with Gasteiger partial charge in [-0.25, -0.2) is 9.13 Å². The molecule has 0 amide bonds. The number of nitrogens with zero attached hydrogens (tertiary/aromatic N) is 3. The maximum Gasteiger partial charge on any atom is 0.243 e. The van der Waals surface area contributed by atoms with Crippen LogP contribution in [0.25, 0.3) is 0 Å². The molecule has 0 saturated heterocycles. The Hall–Kier alpha value is -1.30. The second-order valence-electron chi connectivity index (χ2n) is 2.58. The molecule has 0 aliphatic rings. The van der Waals surface area contributed by atoms with Gasteiger partial charge in [-0.2, -0.15) is 5.26 Å². The van der Waals surface area contributed by atoms with Gasteiger partial charge in [-0.1, -0.05) is 0 Å². The molecule has 0 aliphatic carbocycles. The van der Waals surface area contributed by atoms with Gasteiger partial charge in [-0.3, -0.25) is 0 Å². The maximum absolute atomic E-state index is 8.29. The quantitative estimate of drug-likeness (QED) is 0.459. The fourth-order valence-corrected chi connectivity index (χ4v) is 0.975. The van der Waals surface area contributed by atoms with Gasteiger partial charge in [0, 0.05) is 6.42 Å². The lowest BCUT2D eigenvalue weighted by atomic mass is 10.3. The summed E-state index contributed by atoms with van der Waals surface area (Å²) in [6.07, 6.45) is 7.59. The van der Waals surface area contributed by atoms with Crippen LogP contribution in [0, 0.1) is 11.3 Å². The lowest BCUT2D eigenvalue weighted by molar-refractivity contribution is -0.671. The van der Waals surface area contributed by atoms with Gasteiger partial charge in [0.05, 0.1) is 19.7 Å². The summed E-state index contributed by atoms with van der Waals surface area (Å²) in [6.45, 7) is 0.939. The van der Waals surface area contributed by atoms with Gasteiger partial charge in [-0.15, -0.1) is 0 Å². The number of hydrogen-bond donors (Lipinski definition) is 0. The highest BCUT2D eigenvalue weighted by atomic mass is 15.1. The number of rotatable bonds is 3. The van der Waals surface area contributed by atoms with E-state index in [1.54, 1.807) is 0 Å². The summed E-state index contributed by atoms with van der Waals surface area (Å²) in [5.41, 5.74) is 0. The molecule has 0 unspecified atom stereocenters. The zero-order valence-electron chi connectivity index (χ0n) is 6.70. The molecule has 3 heteroatoms. The van der Waals surface area contributed by atoms with Gasteiger partial charge in [0.25, 0.3) is 0 Å². The van der Waals surface area contributed by atoms with Crippen LogP contribution in [0.4, 0.5) is 0 Å². The molecule has 0 aromatic carbocycles. The average Bonchev–Trinajstić information content (AvgIpc) is 2.37. The van der Waals surface area contributed by atoms with Crippen LogP contribution in [-0.2, 0) is 13.6 Å². The topological polar surface area (TPSA) is 32.6 Å². The molecule has 58 valence electrons. The summed E-state index contributed by atoms with van der Waals surface area (Å²) in [6, 6.07) is 2.12. The number of hydrogen-bond acceptors (Lipinski definition) is 1. The Kier molecular flexibility index (Phi) is 2.67. The third-order valence-corrected chi connectivity index (χ3v) is 1.53. The van der Waals surface area contributed by atoms with E-state index >= 15 is 0 Å². The monoisotopic (exact) mass is 150 g/mol. The third-order valence-electron chi connectivity index (χ3n) is 1.53. The Balaban J connectivity index is 2.34. The van der Waals surface area contributed by atoms with Crippen LogP contribution in [0.15, 0.2) is 18.7 Å². The summed E-state index contributed by atoms with van der Waals surface area (Å²) in [7, 11) is 1.99. The zero-order valence-corrected chi connectivity index (χ0v) is 6.70. The minimum atomic E-state index is 0.641. The largest absolute Gasteiger partial charge is 0.243 e. The first-order valence-electron chi connectivity index (χ1n) is 3.71.